The van der Waals surface area contributed by atoms with E-state index in [9.17, 15) is 0 Å². The van der Waals surface area contributed by atoms with Gasteiger partial charge >= 0.3 is 0 Å². The molecule has 0 unspecified atom stereocenters. The van der Waals surface area contributed by atoms with E-state index in [0.29, 0.717) is 17.9 Å². The van der Waals surface area contributed by atoms with Crippen LogP contribution in [0.1, 0.15) is 18.9 Å². The van der Waals surface area contributed by atoms with Gasteiger partial charge in [-0.05, 0) is 12.5 Å². The van der Waals surface area contributed by atoms with Crippen LogP contribution in [0.5, 0.6) is 5.75 Å². The molecule has 0 aliphatic carbocycles. The number of hydrogen-bond acceptors (Lipinski definition) is 3. The Bertz CT molecular complexity index is 558. The van der Waals surface area contributed by atoms with Crippen LogP contribution in [-0.2, 0) is 0 Å². The van der Waals surface area contributed by atoms with Crippen molar-refractivity contribution in [3.8, 4) is 23.1 Å². The van der Waals surface area contributed by atoms with Crippen LogP contribution in [0.4, 0.5) is 0 Å². The second-order valence-corrected chi connectivity index (χ2v) is 3.89. The molecule has 0 aliphatic heterocycles. The van der Waals surface area contributed by atoms with E-state index in [1.807, 2.05) is 37.3 Å². The average molecular weight is 238 g/mol. The summed E-state index contributed by atoms with van der Waals surface area (Å²) in [6.07, 6.45) is 2.53. The molecular weight excluding hydrogens is 224 g/mol. The van der Waals surface area contributed by atoms with Gasteiger partial charge in [-0.3, -0.25) is 4.98 Å². The number of hydrogen-bond donors (Lipinski definition) is 0. The van der Waals surface area contributed by atoms with Crippen molar-refractivity contribution < 1.29 is 4.74 Å². The van der Waals surface area contributed by atoms with Crippen molar-refractivity contribution in [2.24, 2.45) is 0 Å². The Labute approximate surface area is 107 Å². The Balaban J connectivity index is 2.34. The van der Waals surface area contributed by atoms with Crippen LogP contribution in [0.2, 0.25) is 0 Å². The number of pyridine rings is 1. The molecule has 0 spiro atoms. The fraction of sp³-hybridized carbons (Fsp3) is 0.200. The minimum absolute atomic E-state index is 0.525. The zero-order chi connectivity index (χ0) is 12.8. The molecule has 2 aromatic rings. The zero-order valence-electron chi connectivity index (χ0n) is 10.3. The lowest BCUT2D eigenvalue weighted by molar-refractivity contribution is 0.315. The van der Waals surface area contributed by atoms with Gasteiger partial charge in [-0.15, -0.1) is 0 Å². The molecule has 90 valence electrons. The van der Waals surface area contributed by atoms with Crippen molar-refractivity contribution in [1.29, 1.82) is 5.26 Å². The molecule has 18 heavy (non-hydrogen) atoms. The van der Waals surface area contributed by atoms with Gasteiger partial charge in [-0.1, -0.05) is 37.3 Å². The van der Waals surface area contributed by atoms with Crippen LogP contribution in [-0.4, -0.2) is 11.6 Å². The average Bonchev–Trinajstić information content (AvgIpc) is 2.46. The second kappa shape index (κ2) is 5.83. The summed E-state index contributed by atoms with van der Waals surface area (Å²) < 4.78 is 5.48. The van der Waals surface area contributed by atoms with Crippen molar-refractivity contribution in [2.75, 3.05) is 6.61 Å². The number of nitriles is 1. The normalized spacial score (nSPS) is 9.78. The highest BCUT2D eigenvalue weighted by Gasteiger charge is 2.07. The summed E-state index contributed by atoms with van der Waals surface area (Å²) in [6.45, 7) is 2.62. The quantitative estimate of drug-likeness (QED) is 0.820. The summed E-state index contributed by atoms with van der Waals surface area (Å²) in [6, 6.07) is 13.7. The highest BCUT2D eigenvalue weighted by atomic mass is 16.5. The number of benzene rings is 1. The van der Waals surface area contributed by atoms with Crippen molar-refractivity contribution in [3.63, 3.8) is 0 Å². The largest absolute Gasteiger partial charge is 0.491 e. The van der Waals surface area contributed by atoms with E-state index in [-0.39, 0.29) is 0 Å². The third kappa shape index (κ3) is 2.67. The fourth-order valence-corrected chi connectivity index (χ4v) is 1.62. The molecule has 0 N–H and O–H groups in total. The smallest absolute Gasteiger partial charge is 0.155 e. The third-order valence-electron chi connectivity index (χ3n) is 2.52. The summed E-state index contributed by atoms with van der Waals surface area (Å²) in [5.41, 5.74) is 2.31. The van der Waals surface area contributed by atoms with E-state index in [1.165, 1.54) is 0 Å². The first-order valence-corrected chi connectivity index (χ1v) is 5.93. The Morgan fingerprint density at radius 2 is 2.06 bits per heavy atom. The van der Waals surface area contributed by atoms with Crippen molar-refractivity contribution in [2.45, 2.75) is 13.3 Å². The van der Waals surface area contributed by atoms with E-state index in [2.05, 4.69) is 11.1 Å². The van der Waals surface area contributed by atoms with Crippen LogP contribution < -0.4 is 4.74 Å². The minimum atomic E-state index is 0.525. The molecule has 1 aromatic heterocycles. The van der Waals surface area contributed by atoms with Gasteiger partial charge < -0.3 is 4.74 Å². The first-order valence-electron chi connectivity index (χ1n) is 5.93. The molecule has 0 fully saturated rings. The molecule has 2 rings (SSSR count). The van der Waals surface area contributed by atoms with E-state index < -0.39 is 0 Å². The van der Waals surface area contributed by atoms with Crippen LogP contribution in [0, 0.1) is 11.3 Å². The highest BCUT2D eigenvalue weighted by molar-refractivity contribution is 5.62. The minimum Gasteiger partial charge on any atom is -0.491 e. The predicted octanol–water partition coefficient (Wildman–Crippen LogP) is 3.41. The number of nitrogens with zero attached hydrogens (tertiary/aromatic N) is 2. The lowest BCUT2D eigenvalue weighted by Crippen LogP contribution is -1.98. The van der Waals surface area contributed by atoms with E-state index >= 15 is 0 Å². The summed E-state index contributed by atoms with van der Waals surface area (Å²) in [5.74, 6) is 0.555. The van der Waals surface area contributed by atoms with Gasteiger partial charge in [0.05, 0.1) is 24.1 Å². The molecule has 0 radical (unpaired) electrons. The molecule has 0 aliphatic rings. The molecule has 0 saturated heterocycles. The topological polar surface area (TPSA) is 45.9 Å². The first kappa shape index (κ1) is 12.1. The molecule has 3 heteroatoms. The molecule has 0 amide bonds. The van der Waals surface area contributed by atoms with Gasteiger partial charge in [0.15, 0.2) is 5.75 Å². The van der Waals surface area contributed by atoms with E-state index in [0.717, 1.165) is 17.7 Å². The zero-order valence-corrected chi connectivity index (χ0v) is 10.3. The van der Waals surface area contributed by atoms with Gasteiger partial charge in [0.2, 0.25) is 0 Å². The number of rotatable bonds is 4. The SMILES string of the molecule is CCCOc1cnc(-c2ccccc2)cc1C#N. The second-order valence-electron chi connectivity index (χ2n) is 3.89. The van der Waals surface area contributed by atoms with Crippen LogP contribution in [0.25, 0.3) is 11.3 Å². The Kier molecular flexibility index (Phi) is 3.93. The Morgan fingerprint density at radius 3 is 2.72 bits per heavy atom. The number of ether oxygens (including phenoxy) is 1. The molecule has 3 nitrogen and oxygen atoms in total. The van der Waals surface area contributed by atoms with Crippen molar-refractivity contribution >= 4 is 0 Å². The van der Waals surface area contributed by atoms with Crippen LogP contribution in [0.15, 0.2) is 42.6 Å². The Morgan fingerprint density at radius 1 is 1.28 bits per heavy atom. The van der Waals surface area contributed by atoms with Crippen molar-refractivity contribution in [1.82, 2.24) is 4.98 Å². The lowest BCUT2D eigenvalue weighted by atomic mass is 10.1. The van der Waals surface area contributed by atoms with Crippen LogP contribution >= 0.6 is 0 Å². The van der Waals surface area contributed by atoms with Gasteiger partial charge in [0, 0.05) is 5.56 Å². The van der Waals surface area contributed by atoms with Gasteiger partial charge in [0.25, 0.3) is 0 Å². The lowest BCUT2D eigenvalue weighted by Gasteiger charge is -2.07. The summed E-state index contributed by atoms with van der Waals surface area (Å²) in [4.78, 5) is 4.33. The van der Waals surface area contributed by atoms with Crippen molar-refractivity contribution in [3.05, 3.63) is 48.2 Å². The summed E-state index contributed by atoms with van der Waals surface area (Å²) >= 11 is 0. The van der Waals surface area contributed by atoms with Gasteiger partial charge in [0.1, 0.15) is 6.07 Å². The van der Waals surface area contributed by atoms with Crippen LogP contribution in [0.3, 0.4) is 0 Å². The monoisotopic (exact) mass is 238 g/mol. The standard InChI is InChI=1S/C15H14N2O/c1-2-8-18-15-11-17-14(9-13(15)10-16)12-6-4-3-5-7-12/h3-7,9,11H,2,8H2,1H3. The molecule has 1 heterocycles. The molecule has 1 aromatic carbocycles. The molecule has 0 saturated carbocycles. The first-order chi connectivity index (χ1) is 8.85. The maximum atomic E-state index is 9.13. The molecular formula is C15H14N2O. The van der Waals surface area contributed by atoms with Gasteiger partial charge in [-0.2, -0.15) is 5.26 Å². The molecule has 0 bridgehead atoms. The third-order valence-corrected chi connectivity index (χ3v) is 2.52. The summed E-state index contributed by atoms with van der Waals surface area (Å²) in [7, 11) is 0. The van der Waals surface area contributed by atoms with Gasteiger partial charge in [-0.25, -0.2) is 0 Å². The highest BCUT2D eigenvalue weighted by Crippen LogP contribution is 2.23. The van der Waals surface area contributed by atoms with E-state index in [4.69, 9.17) is 10.00 Å². The maximum absolute atomic E-state index is 9.13. The molecule has 0 atom stereocenters. The fourth-order valence-electron chi connectivity index (χ4n) is 1.62. The number of aromatic nitrogens is 1. The summed E-state index contributed by atoms with van der Waals surface area (Å²) in [5, 5.41) is 9.13. The predicted molar refractivity (Wildman–Crippen MR) is 70.2 cm³/mol. The maximum Gasteiger partial charge on any atom is 0.155 e. The van der Waals surface area contributed by atoms with E-state index in [1.54, 1.807) is 12.3 Å². The Hall–Kier alpha value is -2.34.